The Balaban J connectivity index is 1.39. The van der Waals surface area contributed by atoms with E-state index in [0.29, 0.717) is 35.1 Å². The molecule has 2 aromatic rings. The molecule has 12 heteroatoms. The monoisotopic (exact) mass is 599 g/mol. The maximum absolute atomic E-state index is 13.5. The zero-order chi connectivity index (χ0) is 29.6. The third-order valence-electron chi connectivity index (χ3n) is 7.95. The van der Waals surface area contributed by atoms with E-state index in [0.717, 1.165) is 5.56 Å². The number of β-lactam (4-membered cyclic amide) rings is 1. The fraction of sp³-hybridized carbons (Fsp3) is 0.379. The molecule has 216 valence electrons. The molecule has 6 atom stereocenters. The number of amides is 2. The van der Waals surface area contributed by atoms with Gasteiger partial charge in [-0.1, -0.05) is 36.7 Å². The summed E-state index contributed by atoms with van der Waals surface area (Å²) in [5.74, 6) is -3.91. The Morgan fingerprint density at radius 2 is 1.83 bits per heavy atom. The Bertz CT molecular complexity index is 1430. The zero-order valence-corrected chi connectivity index (χ0v) is 23.9. The number of likely N-dealkylation sites (tertiary alicyclic amines) is 1. The van der Waals surface area contributed by atoms with Gasteiger partial charge in [0.2, 0.25) is 11.8 Å². The van der Waals surface area contributed by atoms with Crippen molar-refractivity contribution in [1.29, 1.82) is 0 Å². The van der Waals surface area contributed by atoms with Crippen LogP contribution >= 0.6 is 23.4 Å². The molecule has 0 aliphatic carbocycles. The average molecular weight is 600 g/mol. The predicted octanol–water partition coefficient (Wildman–Crippen LogP) is 3.51. The summed E-state index contributed by atoms with van der Waals surface area (Å²) in [5, 5.41) is 32.8. The highest BCUT2D eigenvalue weighted by Crippen LogP contribution is 2.52. The van der Waals surface area contributed by atoms with Gasteiger partial charge < -0.3 is 25.5 Å². The molecular formula is C29H30ClN3O7S. The number of aromatic carboxylic acids is 1. The third kappa shape index (κ3) is 5.59. The van der Waals surface area contributed by atoms with Crippen molar-refractivity contribution in [3.63, 3.8) is 0 Å². The average Bonchev–Trinajstić information content (AvgIpc) is 3.42. The normalized spacial score (nSPS) is 26.5. The van der Waals surface area contributed by atoms with Crippen LogP contribution in [-0.4, -0.2) is 78.9 Å². The van der Waals surface area contributed by atoms with Gasteiger partial charge in [-0.3, -0.25) is 14.5 Å². The van der Waals surface area contributed by atoms with Gasteiger partial charge in [0.15, 0.2) is 0 Å². The van der Waals surface area contributed by atoms with Crippen LogP contribution in [0.5, 0.6) is 0 Å². The van der Waals surface area contributed by atoms with Crippen LogP contribution < -0.4 is 5.32 Å². The zero-order valence-electron chi connectivity index (χ0n) is 22.4. The number of hydrogen-bond acceptors (Lipinski definition) is 7. The van der Waals surface area contributed by atoms with Gasteiger partial charge in [0, 0.05) is 39.9 Å². The molecular weight excluding hydrogens is 570 g/mol. The summed E-state index contributed by atoms with van der Waals surface area (Å²) in [4.78, 5) is 53.8. The molecule has 0 radical (unpaired) electrons. The van der Waals surface area contributed by atoms with Crippen LogP contribution in [-0.2, 0) is 20.9 Å². The van der Waals surface area contributed by atoms with E-state index in [4.69, 9.17) is 11.6 Å². The molecule has 2 amide bonds. The highest BCUT2D eigenvalue weighted by atomic mass is 35.5. The Kier molecular flexibility index (Phi) is 8.15. The molecule has 2 aromatic carbocycles. The van der Waals surface area contributed by atoms with E-state index in [-0.39, 0.29) is 34.2 Å². The maximum Gasteiger partial charge on any atom is 0.353 e. The molecule has 3 heterocycles. The lowest BCUT2D eigenvalue weighted by molar-refractivity contribution is -0.163. The third-order valence-corrected chi connectivity index (χ3v) is 9.69. The molecule has 0 aromatic heterocycles. The number of carbonyl (C=O) groups excluding carboxylic acids is 2. The van der Waals surface area contributed by atoms with Crippen molar-refractivity contribution in [3.8, 4) is 0 Å². The van der Waals surface area contributed by atoms with E-state index < -0.39 is 36.0 Å². The molecule has 41 heavy (non-hydrogen) atoms. The van der Waals surface area contributed by atoms with Crippen molar-refractivity contribution < 1.29 is 34.5 Å². The van der Waals surface area contributed by atoms with Crippen molar-refractivity contribution in [3.05, 3.63) is 75.3 Å². The number of anilines is 1. The molecule has 2 fully saturated rings. The predicted molar refractivity (Wildman–Crippen MR) is 153 cm³/mol. The number of fused-ring (bicyclic) bond motifs is 1. The minimum Gasteiger partial charge on any atom is -0.478 e. The largest absolute Gasteiger partial charge is 0.478 e. The second-order valence-electron chi connectivity index (χ2n) is 10.7. The van der Waals surface area contributed by atoms with Crippen molar-refractivity contribution in [2.45, 2.75) is 50.3 Å². The highest BCUT2D eigenvalue weighted by molar-refractivity contribution is 8.03. The second-order valence-corrected chi connectivity index (χ2v) is 12.5. The van der Waals surface area contributed by atoms with E-state index in [1.165, 1.54) is 28.8 Å². The number of aliphatic carboxylic acids is 1. The summed E-state index contributed by atoms with van der Waals surface area (Å²) in [6.45, 7) is 4.33. The van der Waals surface area contributed by atoms with Crippen LogP contribution in [0, 0.1) is 11.8 Å². The summed E-state index contributed by atoms with van der Waals surface area (Å²) < 4.78 is 0. The van der Waals surface area contributed by atoms with Crippen LogP contribution in [0.25, 0.3) is 0 Å². The van der Waals surface area contributed by atoms with Gasteiger partial charge >= 0.3 is 11.9 Å². The fourth-order valence-corrected chi connectivity index (χ4v) is 7.71. The molecule has 0 saturated carbocycles. The number of hydrogen-bond donors (Lipinski definition) is 4. The lowest BCUT2D eigenvalue weighted by atomic mass is 9.79. The van der Waals surface area contributed by atoms with Crippen molar-refractivity contribution in [1.82, 2.24) is 9.80 Å². The summed E-state index contributed by atoms with van der Waals surface area (Å²) in [6, 6.07) is 12.3. The van der Waals surface area contributed by atoms with Crippen LogP contribution in [0.1, 0.15) is 36.2 Å². The number of carbonyl (C=O) groups is 4. The van der Waals surface area contributed by atoms with Crippen LogP contribution in [0.2, 0.25) is 5.02 Å². The number of nitrogens with one attached hydrogen (secondary N) is 1. The first-order valence-electron chi connectivity index (χ1n) is 13.2. The summed E-state index contributed by atoms with van der Waals surface area (Å²) in [7, 11) is 0. The molecule has 3 aliphatic heterocycles. The number of carboxylic acid groups (broad SMARTS) is 2. The quantitative estimate of drug-likeness (QED) is 0.318. The Hall–Kier alpha value is -3.38. The number of carboxylic acids is 2. The first kappa shape index (κ1) is 29.1. The van der Waals surface area contributed by atoms with Crippen LogP contribution in [0.15, 0.2) is 59.1 Å². The molecule has 4 N–H and O–H groups in total. The second kappa shape index (κ2) is 11.5. The Morgan fingerprint density at radius 3 is 2.46 bits per heavy atom. The number of thioether (sulfide) groups is 1. The SMILES string of the molecule is C[C@H]1C(S[C@H]2C[C@@H](C(=O)Nc3cccc(C(=O)O)c3)N(Cc3ccc(Cl)cc3)C2)=C(C(=O)O)N2C(=O)[C@H]([C@@H](C)O)C12. The van der Waals surface area contributed by atoms with Gasteiger partial charge in [-0.2, -0.15) is 0 Å². The number of nitrogens with zero attached hydrogens (tertiary/aromatic N) is 2. The molecule has 2 saturated heterocycles. The van der Waals surface area contributed by atoms with Gasteiger partial charge in [0.25, 0.3) is 0 Å². The van der Waals surface area contributed by atoms with Gasteiger partial charge in [0.1, 0.15) is 5.70 Å². The van der Waals surface area contributed by atoms with E-state index in [9.17, 15) is 34.5 Å². The van der Waals surface area contributed by atoms with Gasteiger partial charge in [-0.15, -0.1) is 11.8 Å². The number of aliphatic hydroxyl groups excluding tert-OH is 1. The first-order valence-corrected chi connectivity index (χ1v) is 14.5. The highest BCUT2D eigenvalue weighted by Gasteiger charge is 2.60. The maximum atomic E-state index is 13.5. The molecule has 10 nitrogen and oxygen atoms in total. The fourth-order valence-electron chi connectivity index (χ4n) is 6.03. The summed E-state index contributed by atoms with van der Waals surface area (Å²) >= 11 is 7.43. The first-order chi connectivity index (χ1) is 19.5. The topological polar surface area (TPSA) is 147 Å². The Morgan fingerprint density at radius 1 is 1.12 bits per heavy atom. The molecule has 0 bridgehead atoms. The number of rotatable bonds is 9. The van der Waals surface area contributed by atoms with E-state index in [2.05, 4.69) is 5.32 Å². The number of aliphatic hydroxyl groups is 1. The lowest BCUT2D eigenvalue weighted by Crippen LogP contribution is -2.63. The Labute approximate surface area is 246 Å². The number of benzene rings is 2. The lowest BCUT2D eigenvalue weighted by Gasteiger charge is -2.46. The van der Waals surface area contributed by atoms with Crippen LogP contribution in [0.4, 0.5) is 5.69 Å². The van der Waals surface area contributed by atoms with Crippen molar-refractivity contribution in [2.24, 2.45) is 11.8 Å². The van der Waals surface area contributed by atoms with E-state index in [1.807, 2.05) is 24.0 Å². The molecule has 0 spiro atoms. The number of halogens is 1. The molecule has 1 unspecified atom stereocenters. The van der Waals surface area contributed by atoms with Crippen LogP contribution in [0.3, 0.4) is 0 Å². The van der Waals surface area contributed by atoms with Crippen molar-refractivity contribution >= 4 is 52.8 Å². The van der Waals surface area contributed by atoms with E-state index in [1.54, 1.807) is 31.2 Å². The van der Waals surface area contributed by atoms with E-state index >= 15 is 0 Å². The van der Waals surface area contributed by atoms with Gasteiger partial charge in [0.05, 0.1) is 29.7 Å². The minimum absolute atomic E-state index is 0.0444. The van der Waals surface area contributed by atoms with Crippen molar-refractivity contribution in [2.75, 3.05) is 11.9 Å². The standard InChI is InChI=1S/C29H30ClN3O7S/c1-14-23-22(15(2)34)27(36)33(23)24(29(39)40)25(14)41-20-11-21(32(13-20)12-16-6-8-18(30)9-7-16)26(35)31-19-5-3-4-17(10-19)28(37)38/h3-10,14-15,20-23,34H,11-13H2,1-2H3,(H,31,35)(H,37,38)(H,39,40)/t14-,15-,20+,21+,22-,23?/m1/s1. The summed E-state index contributed by atoms with van der Waals surface area (Å²) in [5.41, 5.74) is 1.32. The molecule has 5 rings (SSSR count). The summed E-state index contributed by atoms with van der Waals surface area (Å²) in [6.07, 6.45) is -0.482. The van der Waals surface area contributed by atoms with Gasteiger partial charge in [-0.25, -0.2) is 9.59 Å². The minimum atomic E-state index is -1.19. The smallest absolute Gasteiger partial charge is 0.353 e. The van der Waals surface area contributed by atoms with Gasteiger partial charge in [-0.05, 0) is 49.2 Å². The molecule has 3 aliphatic rings.